The number of aromatic nitrogens is 2. The first-order valence-corrected chi connectivity index (χ1v) is 7.22. The van der Waals surface area contributed by atoms with Crippen LogP contribution in [0.5, 0.6) is 0 Å². The van der Waals surface area contributed by atoms with Gasteiger partial charge in [0, 0.05) is 6.42 Å². The molecule has 1 atom stereocenters. The highest BCUT2D eigenvalue weighted by Gasteiger charge is 2.30. The summed E-state index contributed by atoms with van der Waals surface area (Å²) in [6, 6.07) is 1.82. The maximum atomic E-state index is 11.9. The topological polar surface area (TPSA) is 119 Å². The van der Waals surface area contributed by atoms with Gasteiger partial charge in [-0.15, -0.1) is 0 Å². The number of nitriles is 1. The Balaban J connectivity index is 2.09. The lowest BCUT2D eigenvalue weighted by Crippen LogP contribution is -2.19. The van der Waals surface area contributed by atoms with Gasteiger partial charge in [0.1, 0.15) is 17.5 Å². The molecule has 8 heteroatoms. The molecule has 0 saturated carbocycles. The van der Waals surface area contributed by atoms with Gasteiger partial charge in [-0.25, -0.2) is 8.42 Å². The minimum atomic E-state index is -3.00. The maximum absolute atomic E-state index is 11.9. The summed E-state index contributed by atoms with van der Waals surface area (Å²) in [6.45, 7) is 0. The maximum Gasteiger partial charge on any atom is 0.249 e. The van der Waals surface area contributed by atoms with Crippen LogP contribution in [0.25, 0.3) is 0 Å². The lowest BCUT2D eigenvalue weighted by Gasteiger charge is -2.07. The zero-order chi connectivity index (χ0) is 13.3. The summed E-state index contributed by atoms with van der Waals surface area (Å²) in [5.74, 6) is -0.398. The Kier molecular flexibility index (Phi) is 3.09. The highest BCUT2D eigenvalue weighted by molar-refractivity contribution is 7.91. The van der Waals surface area contributed by atoms with E-state index >= 15 is 0 Å². The van der Waals surface area contributed by atoms with Crippen LogP contribution < -0.4 is 5.73 Å². The zero-order valence-corrected chi connectivity index (χ0v) is 10.4. The van der Waals surface area contributed by atoms with Gasteiger partial charge in [0.05, 0.1) is 17.7 Å². The number of hydrogen-bond acceptors (Lipinski definition) is 6. The average Bonchev–Trinajstić information content (AvgIpc) is 2.81. The summed E-state index contributed by atoms with van der Waals surface area (Å²) in [5, 5.41) is 12.4. The van der Waals surface area contributed by atoms with Crippen molar-refractivity contribution in [1.82, 2.24) is 9.78 Å². The molecule has 2 N–H and O–H groups in total. The van der Waals surface area contributed by atoms with Gasteiger partial charge in [0.25, 0.3) is 0 Å². The Morgan fingerprint density at radius 3 is 2.89 bits per heavy atom. The SMILES string of the molecule is N#Cc1cnn(C(=O)CC2CCS(=O)(=O)C2)c1N. The Hall–Kier alpha value is -1.88. The molecular weight excluding hydrogens is 256 g/mol. The number of carbonyl (C=O) groups excluding carboxylic acids is 1. The van der Waals surface area contributed by atoms with Crippen molar-refractivity contribution < 1.29 is 13.2 Å². The van der Waals surface area contributed by atoms with Gasteiger partial charge in [-0.05, 0) is 12.3 Å². The Morgan fingerprint density at radius 1 is 1.67 bits per heavy atom. The Morgan fingerprint density at radius 2 is 2.39 bits per heavy atom. The molecule has 0 bridgehead atoms. The first-order valence-electron chi connectivity index (χ1n) is 5.40. The molecule has 1 aliphatic heterocycles. The molecule has 0 spiro atoms. The van der Waals surface area contributed by atoms with E-state index in [-0.39, 0.29) is 41.1 Å². The largest absolute Gasteiger partial charge is 0.382 e. The summed E-state index contributed by atoms with van der Waals surface area (Å²) in [7, 11) is -3.00. The van der Waals surface area contributed by atoms with E-state index in [4.69, 9.17) is 11.0 Å². The number of nitrogen functional groups attached to an aromatic ring is 1. The number of hydrogen-bond donors (Lipinski definition) is 1. The fraction of sp³-hybridized carbons (Fsp3) is 0.500. The standard InChI is InChI=1S/C10H12N4O3S/c11-4-8-5-13-14(10(8)12)9(15)3-7-1-2-18(16,17)6-7/h5,7H,1-3,6,12H2. The van der Waals surface area contributed by atoms with E-state index in [0.717, 1.165) is 4.68 Å². The molecule has 18 heavy (non-hydrogen) atoms. The number of anilines is 1. The first kappa shape index (κ1) is 12.6. The van der Waals surface area contributed by atoms with Crippen LogP contribution in [0.15, 0.2) is 6.20 Å². The second kappa shape index (κ2) is 4.42. The average molecular weight is 268 g/mol. The lowest BCUT2D eigenvalue weighted by atomic mass is 10.1. The number of nitrogens with two attached hydrogens (primary N) is 1. The van der Waals surface area contributed by atoms with Crippen LogP contribution >= 0.6 is 0 Å². The van der Waals surface area contributed by atoms with Crippen molar-refractivity contribution in [2.75, 3.05) is 17.2 Å². The van der Waals surface area contributed by atoms with Gasteiger partial charge in [0.15, 0.2) is 9.84 Å². The van der Waals surface area contributed by atoms with E-state index in [2.05, 4.69) is 5.10 Å². The van der Waals surface area contributed by atoms with E-state index in [1.807, 2.05) is 6.07 Å². The highest BCUT2D eigenvalue weighted by atomic mass is 32.2. The van der Waals surface area contributed by atoms with Gasteiger partial charge in [-0.1, -0.05) is 0 Å². The van der Waals surface area contributed by atoms with E-state index < -0.39 is 9.84 Å². The molecular formula is C10H12N4O3S. The molecule has 0 aromatic carbocycles. The summed E-state index contributed by atoms with van der Waals surface area (Å²) >= 11 is 0. The highest BCUT2D eigenvalue weighted by Crippen LogP contribution is 2.22. The minimum Gasteiger partial charge on any atom is -0.382 e. The molecule has 0 amide bonds. The Bertz CT molecular complexity index is 626. The second-order valence-electron chi connectivity index (χ2n) is 4.33. The molecule has 1 saturated heterocycles. The van der Waals surface area contributed by atoms with Gasteiger partial charge >= 0.3 is 0 Å². The smallest absolute Gasteiger partial charge is 0.249 e. The van der Waals surface area contributed by atoms with Crippen molar-refractivity contribution in [3.8, 4) is 6.07 Å². The van der Waals surface area contributed by atoms with Crippen LogP contribution in [0.2, 0.25) is 0 Å². The van der Waals surface area contributed by atoms with Gasteiger partial charge in [-0.2, -0.15) is 15.0 Å². The normalized spacial score (nSPS) is 21.6. The Labute approximate surface area is 104 Å². The summed E-state index contributed by atoms with van der Waals surface area (Å²) in [5.41, 5.74) is 5.72. The molecule has 1 aliphatic rings. The molecule has 0 radical (unpaired) electrons. The summed E-state index contributed by atoms with van der Waals surface area (Å²) < 4.78 is 23.5. The summed E-state index contributed by atoms with van der Waals surface area (Å²) in [4.78, 5) is 11.9. The first-order chi connectivity index (χ1) is 8.43. The van der Waals surface area contributed by atoms with Crippen molar-refractivity contribution >= 4 is 21.6 Å². The zero-order valence-electron chi connectivity index (χ0n) is 9.54. The van der Waals surface area contributed by atoms with Crippen LogP contribution in [0, 0.1) is 17.2 Å². The number of sulfone groups is 1. The van der Waals surface area contributed by atoms with Crippen molar-refractivity contribution in [2.24, 2.45) is 5.92 Å². The fourth-order valence-electron chi connectivity index (χ4n) is 2.01. The molecule has 7 nitrogen and oxygen atoms in total. The third-order valence-electron chi connectivity index (χ3n) is 2.95. The molecule has 2 heterocycles. The third-order valence-corrected chi connectivity index (χ3v) is 4.79. The summed E-state index contributed by atoms with van der Waals surface area (Å²) in [6.07, 6.45) is 1.79. The van der Waals surface area contributed by atoms with Crippen molar-refractivity contribution in [1.29, 1.82) is 5.26 Å². The van der Waals surface area contributed by atoms with Gasteiger partial charge in [-0.3, -0.25) is 4.79 Å². The number of rotatable bonds is 2. The number of nitrogens with zero attached hydrogens (tertiary/aromatic N) is 3. The van der Waals surface area contributed by atoms with E-state index in [1.54, 1.807) is 0 Å². The van der Waals surface area contributed by atoms with Crippen LogP contribution in [-0.2, 0) is 9.84 Å². The predicted octanol–water partition coefficient (Wildman–Crippen LogP) is -0.198. The molecule has 2 rings (SSSR count). The second-order valence-corrected chi connectivity index (χ2v) is 6.56. The van der Waals surface area contributed by atoms with E-state index in [9.17, 15) is 13.2 Å². The molecule has 0 aliphatic carbocycles. The molecule has 96 valence electrons. The third kappa shape index (κ3) is 2.36. The van der Waals surface area contributed by atoms with Crippen molar-refractivity contribution in [2.45, 2.75) is 12.8 Å². The monoisotopic (exact) mass is 268 g/mol. The molecule has 1 aromatic rings. The molecule has 1 unspecified atom stereocenters. The predicted molar refractivity (Wildman–Crippen MR) is 63.4 cm³/mol. The number of carbonyl (C=O) groups is 1. The minimum absolute atomic E-state index is 0.00311. The van der Waals surface area contributed by atoms with Crippen molar-refractivity contribution in [3.63, 3.8) is 0 Å². The fourth-order valence-corrected chi connectivity index (χ4v) is 3.87. The van der Waals surface area contributed by atoms with E-state index in [1.165, 1.54) is 6.20 Å². The van der Waals surface area contributed by atoms with Crippen LogP contribution in [0.3, 0.4) is 0 Å². The van der Waals surface area contributed by atoms with Gasteiger partial charge in [0.2, 0.25) is 5.91 Å². The van der Waals surface area contributed by atoms with E-state index in [0.29, 0.717) is 6.42 Å². The molecule has 1 fully saturated rings. The van der Waals surface area contributed by atoms with Crippen LogP contribution in [0.4, 0.5) is 5.82 Å². The molecule has 1 aromatic heterocycles. The quantitative estimate of drug-likeness (QED) is 0.793. The lowest BCUT2D eigenvalue weighted by molar-refractivity contribution is 0.0871. The van der Waals surface area contributed by atoms with Crippen molar-refractivity contribution in [3.05, 3.63) is 11.8 Å². The van der Waals surface area contributed by atoms with Crippen LogP contribution in [-0.4, -0.2) is 35.6 Å². The van der Waals surface area contributed by atoms with Gasteiger partial charge < -0.3 is 5.73 Å². The van der Waals surface area contributed by atoms with Crippen LogP contribution in [0.1, 0.15) is 23.2 Å².